The van der Waals surface area contributed by atoms with E-state index in [-0.39, 0.29) is 21.3 Å². The first kappa shape index (κ1) is 20.0. The van der Waals surface area contributed by atoms with Gasteiger partial charge in [0.25, 0.3) is 15.7 Å². The van der Waals surface area contributed by atoms with Crippen molar-refractivity contribution in [3.05, 3.63) is 57.1 Å². The maximum absolute atomic E-state index is 12.5. The number of nitrogens with one attached hydrogen (secondary N) is 1. The first-order valence-electron chi connectivity index (χ1n) is 7.44. The molecule has 0 aliphatic heterocycles. The van der Waals surface area contributed by atoms with Crippen molar-refractivity contribution in [2.75, 3.05) is 25.0 Å². The molecule has 2 aromatic carbocycles. The Labute approximate surface area is 155 Å². The Morgan fingerprint density at radius 3 is 2.54 bits per heavy atom. The van der Waals surface area contributed by atoms with Gasteiger partial charge in [-0.1, -0.05) is 11.6 Å². The second-order valence-electron chi connectivity index (χ2n) is 5.30. The molecule has 8 nitrogen and oxygen atoms in total. The molecule has 0 aliphatic carbocycles. The summed E-state index contributed by atoms with van der Waals surface area (Å²) in [6.07, 6.45) is 0. The highest BCUT2D eigenvalue weighted by atomic mass is 35.5. The standard InChI is InChI=1S/C16H17ClN2O6S/c1-11-9-13(4-6-16(11)25-8-7-24-2)26(22,23)18-12-3-5-14(17)15(10-12)19(20)21/h3-6,9-10,18H,7-8H2,1-2H3. The van der Waals surface area contributed by atoms with Crippen molar-refractivity contribution < 1.29 is 22.8 Å². The van der Waals surface area contributed by atoms with Crippen LogP contribution in [0.1, 0.15) is 5.56 Å². The van der Waals surface area contributed by atoms with Gasteiger partial charge in [0.1, 0.15) is 17.4 Å². The number of hydrogen-bond acceptors (Lipinski definition) is 6. The Kier molecular flexibility index (Phi) is 6.41. The minimum Gasteiger partial charge on any atom is -0.491 e. The molecule has 26 heavy (non-hydrogen) atoms. The van der Waals surface area contributed by atoms with Gasteiger partial charge in [-0.2, -0.15) is 0 Å². The summed E-state index contributed by atoms with van der Waals surface area (Å²) in [5.74, 6) is 0.545. The van der Waals surface area contributed by atoms with Crippen LogP contribution >= 0.6 is 11.6 Å². The van der Waals surface area contributed by atoms with Crippen LogP contribution in [0.2, 0.25) is 5.02 Å². The number of hydrogen-bond donors (Lipinski definition) is 1. The summed E-state index contributed by atoms with van der Waals surface area (Å²) in [6, 6.07) is 8.06. The highest BCUT2D eigenvalue weighted by molar-refractivity contribution is 7.92. The second-order valence-corrected chi connectivity index (χ2v) is 7.39. The molecule has 0 fully saturated rings. The number of nitro groups is 1. The van der Waals surface area contributed by atoms with E-state index in [0.29, 0.717) is 24.5 Å². The van der Waals surface area contributed by atoms with E-state index in [1.807, 2.05) is 0 Å². The molecule has 0 saturated carbocycles. The van der Waals surface area contributed by atoms with Crippen molar-refractivity contribution in [3.63, 3.8) is 0 Å². The quantitative estimate of drug-likeness (QED) is 0.413. The molecule has 0 amide bonds. The third kappa shape index (κ3) is 4.84. The Hall–Kier alpha value is -2.36. The van der Waals surface area contributed by atoms with E-state index in [9.17, 15) is 18.5 Å². The molecule has 0 unspecified atom stereocenters. The summed E-state index contributed by atoms with van der Waals surface area (Å²) >= 11 is 5.73. The number of anilines is 1. The average molecular weight is 401 g/mol. The van der Waals surface area contributed by atoms with E-state index < -0.39 is 14.9 Å². The highest BCUT2D eigenvalue weighted by Crippen LogP contribution is 2.29. The molecule has 0 bridgehead atoms. The Bertz CT molecular complexity index is 917. The zero-order valence-corrected chi connectivity index (χ0v) is 15.6. The average Bonchev–Trinajstić information content (AvgIpc) is 2.57. The van der Waals surface area contributed by atoms with Crippen molar-refractivity contribution in [3.8, 4) is 5.75 Å². The smallest absolute Gasteiger partial charge is 0.289 e. The predicted molar refractivity (Wildman–Crippen MR) is 97.5 cm³/mol. The SMILES string of the molecule is COCCOc1ccc(S(=O)(=O)Nc2ccc(Cl)c([N+](=O)[O-])c2)cc1C. The summed E-state index contributed by atoms with van der Waals surface area (Å²) in [5.41, 5.74) is 0.287. The molecule has 0 aromatic heterocycles. The normalized spacial score (nSPS) is 11.2. The van der Waals surface area contributed by atoms with Crippen LogP contribution in [0.15, 0.2) is 41.3 Å². The number of rotatable bonds is 8. The maximum Gasteiger partial charge on any atom is 0.289 e. The number of ether oxygens (including phenoxy) is 2. The van der Waals surface area contributed by atoms with E-state index in [1.165, 1.54) is 24.3 Å². The van der Waals surface area contributed by atoms with Gasteiger partial charge in [-0.05, 0) is 42.8 Å². The number of nitrogens with zero attached hydrogens (tertiary/aromatic N) is 1. The number of methoxy groups -OCH3 is 1. The number of halogens is 1. The van der Waals surface area contributed by atoms with Crippen LogP contribution in [0.25, 0.3) is 0 Å². The lowest BCUT2D eigenvalue weighted by Gasteiger charge is -2.12. The molecule has 0 atom stereocenters. The van der Waals surface area contributed by atoms with Crippen molar-refractivity contribution in [2.45, 2.75) is 11.8 Å². The molecule has 1 N–H and O–H groups in total. The lowest BCUT2D eigenvalue weighted by atomic mass is 10.2. The zero-order valence-electron chi connectivity index (χ0n) is 14.1. The Morgan fingerprint density at radius 1 is 1.19 bits per heavy atom. The van der Waals surface area contributed by atoms with Gasteiger partial charge in [0.2, 0.25) is 0 Å². The molecular formula is C16H17ClN2O6S. The van der Waals surface area contributed by atoms with Gasteiger partial charge in [0, 0.05) is 13.2 Å². The summed E-state index contributed by atoms with van der Waals surface area (Å²) in [7, 11) is -2.37. The van der Waals surface area contributed by atoms with Gasteiger partial charge in [0.15, 0.2) is 0 Å². The molecule has 2 rings (SSSR count). The fraction of sp³-hybridized carbons (Fsp3) is 0.250. The zero-order chi connectivity index (χ0) is 19.3. The van der Waals surface area contributed by atoms with Gasteiger partial charge in [0.05, 0.1) is 22.1 Å². The minimum absolute atomic E-state index is 0.00620. The molecule has 0 radical (unpaired) electrons. The van der Waals surface area contributed by atoms with Crippen LogP contribution in [0.4, 0.5) is 11.4 Å². The van der Waals surface area contributed by atoms with Crippen LogP contribution in [-0.2, 0) is 14.8 Å². The summed E-state index contributed by atoms with van der Waals surface area (Å²) in [6.45, 7) is 2.47. The van der Waals surface area contributed by atoms with E-state index >= 15 is 0 Å². The van der Waals surface area contributed by atoms with Crippen LogP contribution < -0.4 is 9.46 Å². The van der Waals surface area contributed by atoms with Crippen molar-refractivity contribution in [1.82, 2.24) is 0 Å². The molecule has 10 heteroatoms. The van der Waals surface area contributed by atoms with Crippen LogP contribution in [-0.4, -0.2) is 33.7 Å². The molecule has 2 aromatic rings. The molecule has 0 aliphatic rings. The van der Waals surface area contributed by atoms with Crippen LogP contribution in [0.5, 0.6) is 5.75 Å². The molecular weight excluding hydrogens is 384 g/mol. The number of nitro benzene ring substituents is 1. The Balaban J connectivity index is 2.24. The van der Waals surface area contributed by atoms with E-state index in [2.05, 4.69) is 4.72 Å². The summed E-state index contributed by atoms with van der Waals surface area (Å²) < 4.78 is 37.7. The van der Waals surface area contributed by atoms with Gasteiger partial charge in [-0.3, -0.25) is 14.8 Å². The lowest BCUT2D eigenvalue weighted by molar-refractivity contribution is -0.384. The number of sulfonamides is 1. The minimum atomic E-state index is -3.93. The topological polar surface area (TPSA) is 108 Å². The van der Waals surface area contributed by atoms with Crippen molar-refractivity contribution in [1.29, 1.82) is 0 Å². The van der Waals surface area contributed by atoms with Crippen LogP contribution in [0, 0.1) is 17.0 Å². The predicted octanol–water partition coefficient (Wildman–Crippen LogP) is 3.38. The fourth-order valence-corrected chi connectivity index (χ4v) is 3.44. The van der Waals surface area contributed by atoms with E-state index in [1.54, 1.807) is 20.1 Å². The first-order valence-corrected chi connectivity index (χ1v) is 9.30. The van der Waals surface area contributed by atoms with Crippen molar-refractivity contribution >= 4 is 33.0 Å². The van der Waals surface area contributed by atoms with Gasteiger partial charge < -0.3 is 9.47 Å². The lowest BCUT2D eigenvalue weighted by Crippen LogP contribution is -2.13. The number of aryl methyl sites for hydroxylation is 1. The summed E-state index contributed by atoms with van der Waals surface area (Å²) in [5, 5.41) is 10.8. The monoisotopic (exact) mass is 400 g/mol. The van der Waals surface area contributed by atoms with E-state index in [4.69, 9.17) is 21.1 Å². The van der Waals surface area contributed by atoms with E-state index in [0.717, 1.165) is 6.07 Å². The first-order chi connectivity index (χ1) is 12.2. The summed E-state index contributed by atoms with van der Waals surface area (Å²) in [4.78, 5) is 10.2. The van der Waals surface area contributed by atoms with Crippen LogP contribution in [0.3, 0.4) is 0 Å². The largest absolute Gasteiger partial charge is 0.491 e. The van der Waals surface area contributed by atoms with Gasteiger partial charge in [-0.25, -0.2) is 8.42 Å². The molecule has 0 spiro atoms. The Morgan fingerprint density at radius 2 is 1.92 bits per heavy atom. The molecule has 0 saturated heterocycles. The third-order valence-corrected chi connectivity index (χ3v) is 5.10. The van der Waals surface area contributed by atoms with Gasteiger partial charge in [-0.15, -0.1) is 0 Å². The third-order valence-electron chi connectivity index (χ3n) is 3.40. The number of benzene rings is 2. The van der Waals surface area contributed by atoms with Gasteiger partial charge >= 0.3 is 0 Å². The maximum atomic E-state index is 12.5. The highest BCUT2D eigenvalue weighted by Gasteiger charge is 2.19. The van der Waals surface area contributed by atoms with Crippen molar-refractivity contribution in [2.24, 2.45) is 0 Å². The fourth-order valence-electron chi connectivity index (χ4n) is 2.12. The molecule has 140 valence electrons. The molecule has 0 heterocycles. The second kappa shape index (κ2) is 8.35.